The van der Waals surface area contributed by atoms with Crippen LogP contribution in [0, 0.1) is 5.92 Å². The molecule has 0 radical (unpaired) electrons. The Bertz CT molecular complexity index is 681. The minimum atomic E-state index is 0. The molecule has 7 nitrogen and oxygen atoms in total. The number of aromatic nitrogens is 2. The number of ether oxygens (including phenoxy) is 1. The van der Waals surface area contributed by atoms with Gasteiger partial charge in [0.1, 0.15) is 0 Å². The number of thiazole rings is 1. The van der Waals surface area contributed by atoms with E-state index in [2.05, 4.69) is 41.3 Å². The Kier molecular flexibility index (Phi) is 9.27. The van der Waals surface area contributed by atoms with Crippen LogP contribution in [0.15, 0.2) is 22.8 Å². The molecule has 3 rings (SSSR count). The first-order valence-electron chi connectivity index (χ1n) is 9.42. The number of nitrogens with zero attached hydrogens (tertiary/aromatic N) is 4. The standard InChI is InChI=1S/C18H30N6OS.HI/c1-4-19-17(20-11-15-13-24-7-10-26-18(24)22-15)21-12-16(14(2)3)23-5-8-25-9-6-23;/h7,10,13-14,16H,4-6,8-9,11-12H2,1-3H3,(H2,19,20,21);1H. The first kappa shape index (κ1) is 22.4. The molecule has 1 atom stereocenters. The number of halogens is 1. The van der Waals surface area contributed by atoms with Gasteiger partial charge in [-0.15, -0.1) is 35.3 Å². The van der Waals surface area contributed by atoms with Crippen LogP contribution in [0.2, 0.25) is 0 Å². The lowest BCUT2D eigenvalue weighted by Gasteiger charge is -2.37. The highest BCUT2D eigenvalue weighted by molar-refractivity contribution is 14.0. The van der Waals surface area contributed by atoms with E-state index in [1.165, 1.54) is 0 Å². The Morgan fingerprint density at radius 3 is 2.78 bits per heavy atom. The average Bonchev–Trinajstić information content (AvgIpc) is 3.22. The third kappa shape index (κ3) is 6.30. The average molecular weight is 506 g/mol. The van der Waals surface area contributed by atoms with E-state index in [4.69, 9.17) is 9.73 Å². The molecule has 1 aliphatic heterocycles. The minimum Gasteiger partial charge on any atom is -0.379 e. The molecule has 2 aromatic heterocycles. The van der Waals surface area contributed by atoms with Crippen LogP contribution in [0.4, 0.5) is 0 Å². The first-order valence-corrected chi connectivity index (χ1v) is 10.3. The van der Waals surface area contributed by atoms with Crippen LogP contribution in [0.5, 0.6) is 0 Å². The summed E-state index contributed by atoms with van der Waals surface area (Å²) in [4.78, 5) is 12.8. The smallest absolute Gasteiger partial charge is 0.193 e. The van der Waals surface area contributed by atoms with Crippen LogP contribution in [0.3, 0.4) is 0 Å². The fourth-order valence-electron chi connectivity index (χ4n) is 3.25. The maximum Gasteiger partial charge on any atom is 0.193 e. The van der Waals surface area contributed by atoms with E-state index < -0.39 is 0 Å². The summed E-state index contributed by atoms with van der Waals surface area (Å²) in [7, 11) is 0. The van der Waals surface area contributed by atoms with Gasteiger partial charge in [-0.3, -0.25) is 9.30 Å². The van der Waals surface area contributed by atoms with Crippen LogP contribution in [0.25, 0.3) is 4.96 Å². The molecular formula is C18H31IN6OS. The van der Waals surface area contributed by atoms with Gasteiger partial charge in [-0.2, -0.15) is 0 Å². The summed E-state index contributed by atoms with van der Waals surface area (Å²) in [5, 5.41) is 8.90. The zero-order valence-electron chi connectivity index (χ0n) is 16.4. The van der Waals surface area contributed by atoms with E-state index in [1.54, 1.807) is 11.3 Å². The topological polar surface area (TPSA) is 66.2 Å². The van der Waals surface area contributed by atoms with Gasteiger partial charge in [0.05, 0.1) is 25.5 Å². The van der Waals surface area contributed by atoms with Crippen LogP contribution in [-0.2, 0) is 11.3 Å². The van der Waals surface area contributed by atoms with E-state index in [1.807, 2.05) is 22.2 Å². The van der Waals surface area contributed by atoms with Gasteiger partial charge in [0.15, 0.2) is 10.9 Å². The molecule has 152 valence electrons. The summed E-state index contributed by atoms with van der Waals surface area (Å²) in [5.74, 6) is 1.42. The van der Waals surface area contributed by atoms with Crippen molar-refractivity contribution in [2.75, 3.05) is 39.4 Å². The van der Waals surface area contributed by atoms with E-state index >= 15 is 0 Å². The highest BCUT2D eigenvalue weighted by atomic mass is 127. The normalized spacial score (nSPS) is 17.1. The molecule has 1 saturated heterocycles. The Hall–Kier alpha value is -0.910. The van der Waals surface area contributed by atoms with Crippen molar-refractivity contribution in [2.24, 2.45) is 10.9 Å². The molecule has 0 aliphatic carbocycles. The van der Waals surface area contributed by atoms with E-state index in [0.29, 0.717) is 18.5 Å². The van der Waals surface area contributed by atoms with Crippen molar-refractivity contribution < 1.29 is 4.74 Å². The molecule has 1 fully saturated rings. The van der Waals surface area contributed by atoms with E-state index in [0.717, 1.165) is 56.0 Å². The Morgan fingerprint density at radius 2 is 2.11 bits per heavy atom. The Morgan fingerprint density at radius 1 is 1.33 bits per heavy atom. The fourth-order valence-corrected chi connectivity index (χ4v) is 3.97. The molecular weight excluding hydrogens is 475 g/mol. The van der Waals surface area contributed by atoms with E-state index in [9.17, 15) is 0 Å². The molecule has 0 saturated carbocycles. The van der Waals surface area contributed by atoms with Gasteiger partial charge in [0, 0.05) is 50.0 Å². The lowest BCUT2D eigenvalue weighted by molar-refractivity contribution is 0.00752. The maximum absolute atomic E-state index is 5.49. The summed E-state index contributed by atoms with van der Waals surface area (Å²) < 4.78 is 7.54. The second-order valence-corrected chi connectivity index (χ2v) is 7.73. The number of rotatable bonds is 7. The zero-order chi connectivity index (χ0) is 18.4. The van der Waals surface area contributed by atoms with Gasteiger partial charge in [0.25, 0.3) is 0 Å². The lowest BCUT2D eigenvalue weighted by Crippen LogP contribution is -2.52. The van der Waals surface area contributed by atoms with Gasteiger partial charge in [-0.25, -0.2) is 9.98 Å². The molecule has 0 bridgehead atoms. The quantitative estimate of drug-likeness (QED) is 0.343. The molecule has 27 heavy (non-hydrogen) atoms. The molecule has 2 aromatic rings. The predicted molar refractivity (Wildman–Crippen MR) is 122 cm³/mol. The van der Waals surface area contributed by atoms with Gasteiger partial charge in [-0.1, -0.05) is 13.8 Å². The number of morpholine rings is 1. The SMILES string of the molecule is CCNC(=NCc1cn2ccsc2n1)NCC(C(C)C)N1CCOCC1.I. The number of guanidine groups is 1. The third-order valence-corrected chi connectivity index (χ3v) is 5.42. The van der Waals surface area contributed by atoms with Gasteiger partial charge in [0.2, 0.25) is 0 Å². The van der Waals surface area contributed by atoms with Crippen LogP contribution >= 0.6 is 35.3 Å². The molecule has 0 amide bonds. The Labute approximate surface area is 182 Å². The second-order valence-electron chi connectivity index (χ2n) is 6.86. The highest BCUT2D eigenvalue weighted by Gasteiger charge is 2.23. The molecule has 3 heterocycles. The highest BCUT2D eigenvalue weighted by Crippen LogP contribution is 2.13. The summed E-state index contributed by atoms with van der Waals surface area (Å²) >= 11 is 1.64. The number of fused-ring (bicyclic) bond motifs is 1. The maximum atomic E-state index is 5.49. The molecule has 2 N–H and O–H groups in total. The number of aliphatic imine (C=N–C) groups is 1. The van der Waals surface area contributed by atoms with Crippen molar-refractivity contribution >= 4 is 46.2 Å². The van der Waals surface area contributed by atoms with Crippen molar-refractivity contribution in [1.29, 1.82) is 0 Å². The van der Waals surface area contributed by atoms with Crippen LogP contribution in [0.1, 0.15) is 26.5 Å². The van der Waals surface area contributed by atoms with E-state index in [-0.39, 0.29) is 24.0 Å². The number of nitrogens with one attached hydrogen (secondary N) is 2. The van der Waals surface area contributed by atoms with Crippen LogP contribution < -0.4 is 10.6 Å². The van der Waals surface area contributed by atoms with Crippen LogP contribution in [-0.4, -0.2) is 65.7 Å². The molecule has 1 aliphatic rings. The summed E-state index contributed by atoms with van der Waals surface area (Å²) in [6.07, 6.45) is 4.07. The summed E-state index contributed by atoms with van der Waals surface area (Å²) in [6, 6.07) is 0.473. The second kappa shape index (κ2) is 11.2. The predicted octanol–water partition coefficient (Wildman–Crippen LogP) is 2.43. The first-order chi connectivity index (χ1) is 12.7. The molecule has 0 aromatic carbocycles. The summed E-state index contributed by atoms with van der Waals surface area (Å²) in [5.41, 5.74) is 0.989. The van der Waals surface area contributed by atoms with Gasteiger partial charge < -0.3 is 15.4 Å². The van der Waals surface area contributed by atoms with Crippen molar-refractivity contribution in [2.45, 2.75) is 33.4 Å². The fraction of sp³-hybridized carbons (Fsp3) is 0.667. The van der Waals surface area contributed by atoms with Crippen molar-refractivity contribution in [1.82, 2.24) is 24.9 Å². The monoisotopic (exact) mass is 506 g/mol. The minimum absolute atomic E-state index is 0. The molecule has 9 heteroatoms. The number of hydrogen-bond acceptors (Lipinski definition) is 5. The van der Waals surface area contributed by atoms with Gasteiger partial charge in [-0.05, 0) is 12.8 Å². The summed E-state index contributed by atoms with van der Waals surface area (Å²) in [6.45, 7) is 12.6. The Balaban J connectivity index is 0.00000261. The lowest BCUT2D eigenvalue weighted by atomic mass is 10.0. The van der Waals surface area contributed by atoms with Crippen molar-refractivity contribution in [3.63, 3.8) is 0 Å². The van der Waals surface area contributed by atoms with Crippen molar-refractivity contribution in [3.05, 3.63) is 23.5 Å². The largest absolute Gasteiger partial charge is 0.379 e. The van der Waals surface area contributed by atoms with Gasteiger partial charge >= 0.3 is 0 Å². The van der Waals surface area contributed by atoms with Crippen molar-refractivity contribution in [3.8, 4) is 0 Å². The number of hydrogen-bond donors (Lipinski definition) is 2. The third-order valence-electron chi connectivity index (χ3n) is 4.65. The molecule has 1 unspecified atom stereocenters. The number of imidazole rings is 1. The zero-order valence-corrected chi connectivity index (χ0v) is 19.5. The molecule has 0 spiro atoms.